The van der Waals surface area contributed by atoms with Gasteiger partial charge in [0.1, 0.15) is 11.5 Å². The second kappa shape index (κ2) is 5.76. The zero-order valence-electron chi connectivity index (χ0n) is 10.9. The summed E-state index contributed by atoms with van der Waals surface area (Å²) >= 11 is 0. The van der Waals surface area contributed by atoms with Gasteiger partial charge in [-0.15, -0.1) is 0 Å². The minimum atomic E-state index is 0.0733. The Morgan fingerprint density at radius 2 is 2.28 bits per heavy atom. The molecule has 0 fully saturated rings. The number of aryl methyl sites for hydroxylation is 1. The van der Waals surface area contributed by atoms with Crippen molar-refractivity contribution in [1.29, 1.82) is 0 Å². The van der Waals surface area contributed by atoms with Gasteiger partial charge in [0.05, 0.1) is 19.6 Å². The van der Waals surface area contributed by atoms with Crippen molar-refractivity contribution in [3.63, 3.8) is 0 Å². The van der Waals surface area contributed by atoms with E-state index in [1.165, 1.54) is 5.56 Å². The number of benzene rings is 1. The standard InChI is InChI=1S/C14H19NO3/c1-15(2)14(16)7-9-17-12-6-5-11-4-3-8-18-13(11)10-12/h5-6,10H,3-4,7-9H2,1-2H3. The quantitative estimate of drug-likeness (QED) is 0.817. The Morgan fingerprint density at radius 1 is 1.44 bits per heavy atom. The molecule has 1 aliphatic rings. The van der Waals surface area contributed by atoms with Crippen LogP contribution in [-0.4, -0.2) is 38.1 Å². The van der Waals surface area contributed by atoms with E-state index in [2.05, 4.69) is 0 Å². The molecule has 0 saturated heterocycles. The van der Waals surface area contributed by atoms with Crippen LogP contribution in [-0.2, 0) is 11.2 Å². The average Bonchev–Trinajstić information content (AvgIpc) is 2.38. The fraction of sp³-hybridized carbons (Fsp3) is 0.500. The van der Waals surface area contributed by atoms with Crippen LogP contribution < -0.4 is 9.47 Å². The summed E-state index contributed by atoms with van der Waals surface area (Å²) in [5, 5.41) is 0. The van der Waals surface area contributed by atoms with Crippen LogP contribution in [0.1, 0.15) is 18.4 Å². The molecule has 4 heteroatoms. The molecule has 0 unspecified atom stereocenters. The van der Waals surface area contributed by atoms with Crippen molar-refractivity contribution in [3.8, 4) is 11.5 Å². The van der Waals surface area contributed by atoms with E-state index in [0.717, 1.165) is 30.9 Å². The third-order valence-electron chi connectivity index (χ3n) is 2.97. The molecular formula is C14H19NO3. The first-order chi connectivity index (χ1) is 8.66. The zero-order chi connectivity index (χ0) is 13.0. The number of carbonyl (C=O) groups is 1. The van der Waals surface area contributed by atoms with Gasteiger partial charge in [-0.2, -0.15) is 0 Å². The second-order valence-corrected chi connectivity index (χ2v) is 4.61. The van der Waals surface area contributed by atoms with E-state index >= 15 is 0 Å². The molecule has 0 spiro atoms. The summed E-state index contributed by atoms with van der Waals surface area (Å²) in [6, 6.07) is 5.89. The molecule has 0 N–H and O–H groups in total. The van der Waals surface area contributed by atoms with Gasteiger partial charge < -0.3 is 14.4 Å². The number of carbonyl (C=O) groups excluding carboxylic acids is 1. The molecule has 0 atom stereocenters. The summed E-state index contributed by atoms with van der Waals surface area (Å²) in [7, 11) is 3.49. The van der Waals surface area contributed by atoms with Crippen molar-refractivity contribution in [2.24, 2.45) is 0 Å². The Hall–Kier alpha value is -1.71. The number of hydrogen-bond donors (Lipinski definition) is 0. The van der Waals surface area contributed by atoms with Crippen molar-refractivity contribution < 1.29 is 14.3 Å². The summed E-state index contributed by atoms with van der Waals surface area (Å²) in [5.74, 6) is 1.75. The van der Waals surface area contributed by atoms with Gasteiger partial charge in [-0.05, 0) is 24.5 Å². The van der Waals surface area contributed by atoms with Crippen LogP contribution in [0.25, 0.3) is 0 Å². The lowest BCUT2D eigenvalue weighted by Crippen LogP contribution is -2.23. The van der Waals surface area contributed by atoms with Gasteiger partial charge in [0.25, 0.3) is 0 Å². The Labute approximate surface area is 107 Å². The molecule has 18 heavy (non-hydrogen) atoms. The van der Waals surface area contributed by atoms with Gasteiger partial charge in [0, 0.05) is 20.2 Å². The maximum absolute atomic E-state index is 11.4. The lowest BCUT2D eigenvalue weighted by Gasteiger charge is -2.18. The summed E-state index contributed by atoms with van der Waals surface area (Å²) in [6.45, 7) is 1.17. The molecular weight excluding hydrogens is 230 g/mol. The lowest BCUT2D eigenvalue weighted by molar-refractivity contribution is -0.129. The minimum Gasteiger partial charge on any atom is -0.493 e. The Morgan fingerprint density at radius 3 is 3.06 bits per heavy atom. The number of nitrogens with zero attached hydrogens (tertiary/aromatic N) is 1. The molecule has 1 heterocycles. The van der Waals surface area contributed by atoms with Crippen LogP contribution in [0.4, 0.5) is 0 Å². The molecule has 2 rings (SSSR count). The second-order valence-electron chi connectivity index (χ2n) is 4.61. The zero-order valence-corrected chi connectivity index (χ0v) is 10.9. The highest BCUT2D eigenvalue weighted by atomic mass is 16.5. The van der Waals surface area contributed by atoms with Gasteiger partial charge in [-0.25, -0.2) is 0 Å². The van der Waals surface area contributed by atoms with Gasteiger partial charge in [0.15, 0.2) is 0 Å². The van der Waals surface area contributed by atoms with Gasteiger partial charge in [0.2, 0.25) is 5.91 Å². The van der Waals surface area contributed by atoms with Crippen LogP contribution in [0.3, 0.4) is 0 Å². The molecule has 0 aliphatic carbocycles. The largest absolute Gasteiger partial charge is 0.493 e. The maximum atomic E-state index is 11.4. The first kappa shape index (κ1) is 12.7. The fourth-order valence-electron chi connectivity index (χ4n) is 1.89. The molecule has 98 valence electrons. The molecule has 1 amide bonds. The number of amides is 1. The van der Waals surface area contributed by atoms with Crippen molar-refractivity contribution in [1.82, 2.24) is 4.90 Å². The van der Waals surface area contributed by atoms with Crippen LogP contribution in [0, 0.1) is 0 Å². The molecule has 0 saturated carbocycles. The smallest absolute Gasteiger partial charge is 0.225 e. The lowest BCUT2D eigenvalue weighted by atomic mass is 10.1. The van der Waals surface area contributed by atoms with E-state index in [1.807, 2.05) is 18.2 Å². The van der Waals surface area contributed by atoms with Crippen LogP contribution in [0.15, 0.2) is 18.2 Å². The summed E-state index contributed by atoms with van der Waals surface area (Å²) in [4.78, 5) is 13.0. The molecule has 0 radical (unpaired) electrons. The number of rotatable bonds is 4. The van der Waals surface area contributed by atoms with E-state index in [9.17, 15) is 4.79 Å². The van der Waals surface area contributed by atoms with Crippen molar-refractivity contribution in [2.75, 3.05) is 27.3 Å². The first-order valence-corrected chi connectivity index (χ1v) is 6.25. The molecule has 1 aromatic carbocycles. The highest BCUT2D eigenvalue weighted by Crippen LogP contribution is 2.28. The van der Waals surface area contributed by atoms with Crippen LogP contribution in [0.2, 0.25) is 0 Å². The third-order valence-corrected chi connectivity index (χ3v) is 2.97. The maximum Gasteiger partial charge on any atom is 0.225 e. The topological polar surface area (TPSA) is 38.8 Å². The van der Waals surface area contributed by atoms with E-state index in [-0.39, 0.29) is 5.91 Å². The van der Waals surface area contributed by atoms with Crippen molar-refractivity contribution in [2.45, 2.75) is 19.3 Å². The SMILES string of the molecule is CN(C)C(=O)CCOc1ccc2c(c1)OCCC2. The van der Waals surface area contributed by atoms with E-state index in [1.54, 1.807) is 19.0 Å². The van der Waals surface area contributed by atoms with Crippen LogP contribution >= 0.6 is 0 Å². The number of ether oxygens (including phenoxy) is 2. The van der Waals surface area contributed by atoms with E-state index in [0.29, 0.717) is 13.0 Å². The molecule has 1 aliphatic heterocycles. The summed E-state index contributed by atoms with van der Waals surface area (Å²) < 4.78 is 11.1. The average molecular weight is 249 g/mol. The predicted octanol–water partition coefficient (Wildman–Crippen LogP) is 1.87. The minimum absolute atomic E-state index is 0.0733. The Kier molecular flexibility index (Phi) is 4.07. The third kappa shape index (κ3) is 3.15. The molecule has 4 nitrogen and oxygen atoms in total. The predicted molar refractivity (Wildman–Crippen MR) is 69.1 cm³/mol. The Balaban J connectivity index is 1.88. The summed E-state index contributed by atoms with van der Waals surface area (Å²) in [6.07, 6.45) is 2.53. The van der Waals surface area contributed by atoms with Gasteiger partial charge >= 0.3 is 0 Å². The van der Waals surface area contributed by atoms with Gasteiger partial charge in [-0.1, -0.05) is 6.07 Å². The van der Waals surface area contributed by atoms with Crippen molar-refractivity contribution >= 4 is 5.91 Å². The molecule has 0 aromatic heterocycles. The Bertz CT molecular complexity index is 429. The fourth-order valence-corrected chi connectivity index (χ4v) is 1.89. The number of hydrogen-bond acceptors (Lipinski definition) is 3. The van der Waals surface area contributed by atoms with Crippen LogP contribution in [0.5, 0.6) is 11.5 Å². The highest BCUT2D eigenvalue weighted by Gasteiger charge is 2.11. The van der Waals surface area contributed by atoms with Gasteiger partial charge in [-0.3, -0.25) is 4.79 Å². The number of fused-ring (bicyclic) bond motifs is 1. The van der Waals surface area contributed by atoms with Crippen molar-refractivity contribution in [3.05, 3.63) is 23.8 Å². The monoisotopic (exact) mass is 249 g/mol. The van der Waals surface area contributed by atoms with E-state index < -0.39 is 0 Å². The first-order valence-electron chi connectivity index (χ1n) is 6.25. The normalized spacial score (nSPS) is 13.4. The highest BCUT2D eigenvalue weighted by molar-refractivity contribution is 5.75. The van der Waals surface area contributed by atoms with E-state index in [4.69, 9.17) is 9.47 Å². The molecule has 1 aromatic rings. The molecule has 0 bridgehead atoms. The summed E-state index contributed by atoms with van der Waals surface area (Å²) in [5.41, 5.74) is 1.23.